The minimum atomic E-state index is -0.217. The van der Waals surface area contributed by atoms with Crippen molar-refractivity contribution >= 4 is 39.1 Å². The Labute approximate surface area is 131 Å². The van der Waals surface area contributed by atoms with Gasteiger partial charge in [0.05, 0.1) is 10.6 Å². The van der Waals surface area contributed by atoms with Gasteiger partial charge in [0.1, 0.15) is 0 Å². The molecule has 1 amide bonds. The summed E-state index contributed by atoms with van der Waals surface area (Å²) in [5.74, 6) is -0.217. The van der Waals surface area contributed by atoms with Crippen molar-refractivity contribution in [3.8, 4) is 0 Å². The zero-order valence-electron chi connectivity index (χ0n) is 10.9. The first-order chi connectivity index (χ1) is 9.61. The first kappa shape index (κ1) is 15.0. The zero-order valence-corrected chi connectivity index (χ0v) is 13.3. The van der Waals surface area contributed by atoms with E-state index in [9.17, 15) is 4.79 Å². The predicted molar refractivity (Wildman–Crippen MR) is 86.3 cm³/mol. The van der Waals surface area contributed by atoms with E-state index in [1.165, 1.54) is 0 Å². The summed E-state index contributed by atoms with van der Waals surface area (Å²) < 4.78 is 0.842. The standard InChI is InChI=1S/C15H14BrClN2O/c1-18-9-10-4-2-3-5-14(10)19-15(20)12-7-6-11(16)8-13(12)17/h2-8,18H,9H2,1H3,(H,19,20). The molecule has 0 atom stereocenters. The summed E-state index contributed by atoms with van der Waals surface area (Å²) in [7, 11) is 1.87. The molecule has 3 nitrogen and oxygen atoms in total. The van der Waals surface area contributed by atoms with Gasteiger partial charge in [0.2, 0.25) is 0 Å². The number of anilines is 1. The molecule has 20 heavy (non-hydrogen) atoms. The number of halogens is 2. The molecular formula is C15H14BrClN2O. The molecule has 0 saturated heterocycles. The number of hydrogen-bond acceptors (Lipinski definition) is 2. The molecule has 0 saturated carbocycles. The Bertz CT molecular complexity index is 631. The second-order valence-corrected chi connectivity index (χ2v) is 5.59. The number of para-hydroxylation sites is 1. The third-order valence-electron chi connectivity index (χ3n) is 2.81. The lowest BCUT2D eigenvalue weighted by atomic mass is 10.1. The van der Waals surface area contributed by atoms with Crippen LogP contribution in [0.5, 0.6) is 0 Å². The average molecular weight is 354 g/mol. The van der Waals surface area contributed by atoms with Gasteiger partial charge in [-0.25, -0.2) is 0 Å². The predicted octanol–water partition coefficient (Wildman–Crippen LogP) is 4.07. The second-order valence-electron chi connectivity index (χ2n) is 4.27. The molecular weight excluding hydrogens is 340 g/mol. The van der Waals surface area contributed by atoms with E-state index in [4.69, 9.17) is 11.6 Å². The van der Waals surface area contributed by atoms with E-state index in [-0.39, 0.29) is 5.91 Å². The van der Waals surface area contributed by atoms with E-state index >= 15 is 0 Å². The van der Waals surface area contributed by atoms with E-state index in [2.05, 4.69) is 26.6 Å². The molecule has 2 N–H and O–H groups in total. The molecule has 2 aromatic rings. The quantitative estimate of drug-likeness (QED) is 0.870. The largest absolute Gasteiger partial charge is 0.322 e. The van der Waals surface area contributed by atoms with Crippen LogP contribution in [-0.2, 0) is 6.54 Å². The third-order valence-corrected chi connectivity index (χ3v) is 3.61. The summed E-state index contributed by atoms with van der Waals surface area (Å²) in [6.45, 7) is 0.685. The fourth-order valence-electron chi connectivity index (χ4n) is 1.85. The molecule has 2 rings (SSSR count). The molecule has 0 aliphatic heterocycles. The van der Waals surface area contributed by atoms with Gasteiger partial charge in [-0.15, -0.1) is 0 Å². The molecule has 0 spiro atoms. The fraction of sp³-hybridized carbons (Fsp3) is 0.133. The zero-order chi connectivity index (χ0) is 14.5. The number of benzene rings is 2. The third kappa shape index (κ3) is 3.60. The van der Waals surface area contributed by atoms with Gasteiger partial charge < -0.3 is 10.6 Å². The Kier molecular flexibility index (Phi) is 5.17. The molecule has 0 fully saturated rings. The molecule has 0 heterocycles. The van der Waals surface area contributed by atoms with E-state index in [0.717, 1.165) is 15.7 Å². The number of carbonyl (C=O) groups is 1. The Morgan fingerprint density at radius 1 is 1.25 bits per heavy atom. The number of carbonyl (C=O) groups excluding carboxylic acids is 1. The van der Waals surface area contributed by atoms with Gasteiger partial charge in [-0.1, -0.05) is 45.7 Å². The summed E-state index contributed by atoms with van der Waals surface area (Å²) in [6.07, 6.45) is 0. The lowest BCUT2D eigenvalue weighted by molar-refractivity contribution is 0.102. The van der Waals surface area contributed by atoms with Crippen LogP contribution in [0.15, 0.2) is 46.9 Å². The highest BCUT2D eigenvalue weighted by molar-refractivity contribution is 9.10. The number of nitrogens with one attached hydrogen (secondary N) is 2. The lowest BCUT2D eigenvalue weighted by Crippen LogP contribution is -2.15. The van der Waals surface area contributed by atoms with E-state index in [1.54, 1.807) is 18.2 Å². The van der Waals surface area contributed by atoms with Crippen LogP contribution in [0.2, 0.25) is 5.02 Å². The molecule has 0 aliphatic carbocycles. The Hall–Kier alpha value is -1.36. The summed E-state index contributed by atoms with van der Waals surface area (Å²) >= 11 is 9.41. The van der Waals surface area contributed by atoms with E-state index < -0.39 is 0 Å². The highest BCUT2D eigenvalue weighted by atomic mass is 79.9. The van der Waals surface area contributed by atoms with Gasteiger partial charge >= 0.3 is 0 Å². The monoisotopic (exact) mass is 352 g/mol. The van der Waals surface area contributed by atoms with Crippen molar-refractivity contribution in [3.05, 3.63) is 63.1 Å². The Morgan fingerprint density at radius 2 is 2.00 bits per heavy atom. The number of amides is 1. The van der Waals surface area contributed by atoms with Crippen LogP contribution in [0.25, 0.3) is 0 Å². The minimum Gasteiger partial charge on any atom is -0.322 e. The fourth-order valence-corrected chi connectivity index (χ4v) is 2.61. The van der Waals surface area contributed by atoms with Gasteiger partial charge in [0.25, 0.3) is 5.91 Å². The Balaban J connectivity index is 2.23. The molecule has 0 aromatic heterocycles. The highest BCUT2D eigenvalue weighted by Gasteiger charge is 2.12. The van der Waals surface area contributed by atoms with E-state index in [1.807, 2.05) is 31.3 Å². The first-order valence-corrected chi connectivity index (χ1v) is 7.28. The number of rotatable bonds is 4. The Morgan fingerprint density at radius 3 is 2.70 bits per heavy atom. The second kappa shape index (κ2) is 6.88. The van der Waals surface area contributed by atoms with Crippen molar-refractivity contribution in [2.75, 3.05) is 12.4 Å². The normalized spacial score (nSPS) is 10.3. The van der Waals surface area contributed by atoms with Crippen molar-refractivity contribution in [1.82, 2.24) is 5.32 Å². The van der Waals surface area contributed by atoms with Crippen LogP contribution in [0.1, 0.15) is 15.9 Å². The molecule has 0 bridgehead atoms. The van der Waals surface area contributed by atoms with Gasteiger partial charge in [-0.2, -0.15) is 0 Å². The molecule has 0 aliphatic rings. The number of hydrogen-bond donors (Lipinski definition) is 2. The van der Waals surface area contributed by atoms with Crippen molar-refractivity contribution < 1.29 is 4.79 Å². The summed E-state index contributed by atoms with van der Waals surface area (Å²) in [5.41, 5.74) is 2.26. The molecule has 2 aromatic carbocycles. The van der Waals surface area contributed by atoms with Crippen LogP contribution in [-0.4, -0.2) is 13.0 Å². The summed E-state index contributed by atoms with van der Waals surface area (Å²) in [4.78, 5) is 12.3. The van der Waals surface area contributed by atoms with Crippen LogP contribution < -0.4 is 10.6 Å². The first-order valence-electron chi connectivity index (χ1n) is 6.10. The van der Waals surface area contributed by atoms with Crippen molar-refractivity contribution in [3.63, 3.8) is 0 Å². The summed E-state index contributed by atoms with van der Waals surface area (Å²) in [6, 6.07) is 12.9. The molecule has 104 valence electrons. The molecule has 5 heteroatoms. The van der Waals surface area contributed by atoms with Crippen molar-refractivity contribution in [2.24, 2.45) is 0 Å². The lowest BCUT2D eigenvalue weighted by Gasteiger charge is -2.11. The maximum atomic E-state index is 12.3. The molecule has 0 radical (unpaired) electrons. The van der Waals surface area contributed by atoms with Crippen LogP contribution in [0.3, 0.4) is 0 Å². The maximum Gasteiger partial charge on any atom is 0.257 e. The van der Waals surface area contributed by atoms with Gasteiger partial charge in [0.15, 0.2) is 0 Å². The van der Waals surface area contributed by atoms with Crippen LogP contribution >= 0.6 is 27.5 Å². The molecule has 0 unspecified atom stereocenters. The maximum absolute atomic E-state index is 12.3. The van der Waals surface area contributed by atoms with Crippen molar-refractivity contribution in [2.45, 2.75) is 6.54 Å². The van der Waals surface area contributed by atoms with Crippen LogP contribution in [0, 0.1) is 0 Å². The van der Waals surface area contributed by atoms with Crippen LogP contribution in [0.4, 0.5) is 5.69 Å². The van der Waals surface area contributed by atoms with Crippen molar-refractivity contribution in [1.29, 1.82) is 0 Å². The van der Waals surface area contributed by atoms with Gasteiger partial charge in [-0.3, -0.25) is 4.79 Å². The SMILES string of the molecule is CNCc1ccccc1NC(=O)c1ccc(Br)cc1Cl. The summed E-state index contributed by atoms with van der Waals surface area (Å²) in [5, 5.41) is 6.39. The highest BCUT2D eigenvalue weighted by Crippen LogP contribution is 2.23. The topological polar surface area (TPSA) is 41.1 Å². The van der Waals surface area contributed by atoms with E-state index in [0.29, 0.717) is 17.1 Å². The smallest absolute Gasteiger partial charge is 0.257 e. The minimum absolute atomic E-state index is 0.217. The van der Waals surface area contributed by atoms with Gasteiger partial charge in [0, 0.05) is 16.7 Å². The average Bonchev–Trinajstić information content (AvgIpc) is 2.41. The van der Waals surface area contributed by atoms with Gasteiger partial charge in [-0.05, 0) is 36.9 Å².